The van der Waals surface area contributed by atoms with Crippen LogP contribution in [-0.4, -0.2) is 23.0 Å². The number of rotatable bonds is 4. The Hall–Kier alpha value is -5.71. The highest BCUT2D eigenvalue weighted by Gasteiger charge is 2.39. The van der Waals surface area contributed by atoms with E-state index in [2.05, 4.69) is 147 Å². The first-order valence-corrected chi connectivity index (χ1v) is 19.1. The van der Waals surface area contributed by atoms with Gasteiger partial charge in [0.25, 0.3) is 0 Å². The van der Waals surface area contributed by atoms with Crippen molar-refractivity contribution in [1.29, 1.82) is 0 Å². The van der Waals surface area contributed by atoms with E-state index in [1.807, 2.05) is 18.2 Å². The summed E-state index contributed by atoms with van der Waals surface area (Å²) in [5.74, 6) is 2.04. The van der Waals surface area contributed by atoms with E-state index in [9.17, 15) is 0 Å². The van der Waals surface area contributed by atoms with Crippen LogP contribution in [0.2, 0.25) is 13.1 Å². The zero-order valence-corrected chi connectivity index (χ0v) is 27.3. The molecule has 0 radical (unpaired) electrons. The van der Waals surface area contributed by atoms with Crippen molar-refractivity contribution in [3.8, 4) is 56.4 Å². The summed E-state index contributed by atoms with van der Waals surface area (Å²) in [6.07, 6.45) is 0. The summed E-state index contributed by atoms with van der Waals surface area (Å²) in [5, 5.41) is 7.93. The maximum absolute atomic E-state index is 5.22. The second kappa shape index (κ2) is 10.7. The third-order valence-electron chi connectivity index (χ3n) is 9.71. The second-order valence-electron chi connectivity index (χ2n) is 12.8. The fraction of sp³-hybridized carbons (Fsp3) is 0.0465. The lowest BCUT2D eigenvalue weighted by molar-refractivity contribution is 1.08. The predicted molar refractivity (Wildman–Crippen MR) is 199 cm³/mol. The minimum absolute atomic E-state index is 0.674. The van der Waals surface area contributed by atoms with Gasteiger partial charge in [0.2, 0.25) is 0 Å². The second-order valence-corrected chi connectivity index (χ2v) is 17.1. The molecule has 0 unspecified atom stereocenters. The molecule has 0 fully saturated rings. The molecule has 0 spiro atoms. The van der Waals surface area contributed by atoms with E-state index in [0.29, 0.717) is 17.5 Å². The molecule has 47 heavy (non-hydrogen) atoms. The van der Waals surface area contributed by atoms with Crippen molar-refractivity contribution in [1.82, 2.24) is 15.0 Å². The van der Waals surface area contributed by atoms with Crippen LogP contribution in [-0.2, 0) is 0 Å². The van der Waals surface area contributed by atoms with Crippen molar-refractivity contribution < 1.29 is 0 Å². The molecule has 0 saturated carbocycles. The van der Waals surface area contributed by atoms with Gasteiger partial charge in [-0.05, 0) is 60.2 Å². The number of nitrogens with zero attached hydrogens (tertiary/aromatic N) is 3. The van der Waals surface area contributed by atoms with E-state index in [1.165, 1.54) is 48.8 Å². The van der Waals surface area contributed by atoms with E-state index in [0.717, 1.165) is 22.1 Å². The molecule has 9 rings (SSSR count). The van der Waals surface area contributed by atoms with Crippen LogP contribution >= 0.6 is 0 Å². The summed E-state index contributed by atoms with van der Waals surface area (Å²) in [7, 11) is -2.01. The number of hydrogen-bond acceptors (Lipinski definition) is 3. The third-order valence-corrected chi connectivity index (χ3v) is 13.3. The molecule has 0 amide bonds. The molecule has 0 saturated heterocycles. The lowest BCUT2D eigenvalue weighted by Gasteiger charge is -2.21. The molecule has 4 heteroatoms. The first kappa shape index (κ1) is 27.6. The number of fused-ring (bicyclic) bond motifs is 6. The maximum Gasteiger partial charge on any atom is 0.164 e. The van der Waals surface area contributed by atoms with Crippen LogP contribution in [0.1, 0.15) is 0 Å². The normalized spacial score (nSPS) is 13.1. The van der Waals surface area contributed by atoms with Gasteiger partial charge in [-0.2, -0.15) is 0 Å². The van der Waals surface area contributed by atoms with Crippen LogP contribution in [0, 0.1) is 0 Å². The molecule has 222 valence electrons. The Labute approximate surface area is 275 Å². The molecule has 1 aliphatic rings. The van der Waals surface area contributed by atoms with E-state index in [4.69, 9.17) is 15.0 Å². The van der Waals surface area contributed by atoms with Crippen molar-refractivity contribution in [3.05, 3.63) is 152 Å². The summed E-state index contributed by atoms with van der Waals surface area (Å²) in [6, 6.07) is 53.9. The topological polar surface area (TPSA) is 38.7 Å². The molecule has 0 atom stereocenters. The quantitative estimate of drug-likeness (QED) is 0.185. The molecule has 0 N–H and O–H groups in total. The number of aromatic nitrogens is 3. The van der Waals surface area contributed by atoms with Crippen molar-refractivity contribution in [2.24, 2.45) is 0 Å². The monoisotopic (exact) mass is 617 g/mol. The fourth-order valence-corrected chi connectivity index (χ4v) is 10.9. The smallest absolute Gasteiger partial charge is 0.164 e. The summed E-state index contributed by atoms with van der Waals surface area (Å²) in [6.45, 7) is 4.95. The number of benzene rings is 7. The molecule has 1 aromatic heterocycles. The van der Waals surface area contributed by atoms with Gasteiger partial charge in [0.1, 0.15) is 8.07 Å². The first-order chi connectivity index (χ1) is 23.1. The summed E-state index contributed by atoms with van der Waals surface area (Å²) < 4.78 is 0. The van der Waals surface area contributed by atoms with Crippen LogP contribution in [0.5, 0.6) is 0 Å². The van der Waals surface area contributed by atoms with Crippen molar-refractivity contribution in [2.75, 3.05) is 0 Å². The lowest BCUT2D eigenvalue weighted by atomic mass is 9.94. The SMILES string of the molecule is C[Si]1(C)c2cc(-c3nc(-c4ccccc4)nc(-c4ccc(-c5ccccc5)c5ccccc45)n3)ccc2-c2ccc3ccccc3c21. The van der Waals surface area contributed by atoms with Gasteiger partial charge in [0.15, 0.2) is 17.5 Å². The Morgan fingerprint density at radius 2 is 0.915 bits per heavy atom. The van der Waals surface area contributed by atoms with Crippen molar-refractivity contribution >= 4 is 40.0 Å². The van der Waals surface area contributed by atoms with Crippen LogP contribution < -0.4 is 10.4 Å². The zero-order valence-electron chi connectivity index (χ0n) is 26.3. The zero-order chi connectivity index (χ0) is 31.5. The van der Waals surface area contributed by atoms with Gasteiger partial charge >= 0.3 is 0 Å². The molecule has 0 bridgehead atoms. The minimum Gasteiger partial charge on any atom is -0.208 e. The average Bonchev–Trinajstić information content (AvgIpc) is 3.37. The maximum atomic E-state index is 5.22. The Kier molecular flexibility index (Phi) is 6.27. The van der Waals surface area contributed by atoms with E-state index < -0.39 is 8.07 Å². The van der Waals surface area contributed by atoms with Crippen molar-refractivity contribution in [2.45, 2.75) is 13.1 Å². The molecule has 8 aromatic rings. The van der Waals surface area contributed by atoms with Gasteiger partial charge in [-0.3, -0.25) is 0 Å². The average molecular weight is 618 g/mol. The van der Waals surface area contributed by atoms with Gasteiger partial charge in [-0.1, -0.05) is 159 Å². The van der Waals surface area contributed by atoms with Crippen LogP contribution in [0.3, 0.4) is 0 Å². The van der Waals surface area contributed by atoms with Gasteiger partial charge < -0.3 is 0 Å². The highest BCUT2D eigenvalue weighted by molar-refractivity contribution is 7.05. The Balaban J connectivity index is 1.24. The molecule has 0 aliphatic carbocycles. The molecular weight excluding hydrogens is 587 g/mol. The Morgan fingerprint density at radius 3 is 1.66 bits per heavy atom. The molecular formula is C43H31N3Si. The Bertz CT molecular complexity index is 2490. The predicted octanol–water partition coefficient (Wildman–Crippen LogP) is 9.65. The van der Waals surface area contributed by atoms with E-state index in [-0.39, 0.29) is 0 Å². The minimum atomic E-state index is -2.01. The van der Waals surface area contributed by atoms with Crippen LogP contribution in [0.25, 0.3) is 78.0 Å². The number of hydrogen-bond donors (Lipinski definition) is 0. The Morgan fingerprint density at radius 1 is 0.383 bits per heavy atom. The van der Waals surface area contributed by atoms with Gasteiger partial charge in [-0.25, -0.2) is 15.0 Å². The van der Waals surface area contributed by atoms with Gasteiger partial charge in [0, 0.05) is 16.7 Å². The largest absolute Gasteiger partial charge is 0.208 e. The van der Waals surface area contributed by atoms with Crippen molar-refractivity contribution in [3.63, 3.8) is 0 Å². The first-order valence-electron chi connectivity index (χ1n) is 16.1. The molecule has 2 heterocycles. The molecule has 3 nitrogen and oxygen atoms in total. The fourth-order valence-electron chi connectivity index (χ4n) is 7.44. The van der Waals surface area contributed by atoms with Crippen LogP contribution in [0.15, 0.2) is 152 Å². The van der Waals surface area contributed by atoms with Crippen LogP contribution in [0.4, 0.5) is 0 Å². The summed E-state index contributed by atoms with van der Waals surface area (Å²) in [4.78, 5) is 15.4. The van der Waals surface area contributed by atoms with E-state index >= 15 is 0 Å². The molecule has 7 aromatic carbocycles. The lowest BCUT2D eigenvalue weighted by Crippen LogP contribution is -2.49. The van der Waals surface area contributed by atoms with Gasteiger partial charge in [0.05, 0.1) is 0 Å². The highest BCUT2D eigenvalue weighted by Crippen LogP contribution is 2.37. The third kappa shape index (κ3) is 4.44. The summed E-state index contributed by atoms with van der Waals surface area (Å²) >= 11 is 0. The highest BCUT2D eigenvalue weighted by atomic mass is 28.3. The summed E-state index contributed by atoms with van der Waals surface area (Å²) in [5.41, 5.74) is 8.08. The van der Waals surface area contributed by atoms with Gasteiger partial charge in [-0.15, -0.1) is 0 Å². The molecule has 1 aliphatic heterocycles. The van der Waals surface area contributed by atoms with E-state index in [1.54, 1.807) is 0 Å². The standard InChI is InChI=1S/C43H31N3Si/c1-47(2)39-27-31(22-23-36(39)37-24-21-29-15-9-10-18-33(29)40(37)47)42-44-41(30-16-7-4-8-17-30)45-43(46-42)38-26-25-32(28-13-5-3-6-14-28)34-19-11-12-20-35(34)38/h3-27H,1-2H3.